The van der Waals surface area contributed by atoms with Gasteiger partial charge in [0.05, 0.1) is 12.7 Å². The van der Waals surface area contributed by atoms with Crippen LogP contribution in [-0.2, 0) is 6.18 Å². The van der Waals surface area contributed by atoms with E-state index in [0.29, 0.717) is 6.07 Å². The van der Waals surface area contributed by atoms with Gasteiger partial charge in [-0.1, -0.05) is 0 Å². The van der Waals surface area contributed by atoms with Crippen molar-refractivity contribution in [3.63, 3.8) is 0 Å². The van der Waals surface area contributed by atoms with Crippen LogP contribution in [0.25, 0.3) is 0 Å². The minimum atomic E-state index is -4.86. The van der Waals surface area contributed by atoms with Crippen LogP contribution in [0.15, 0.2) is 12.1 Å². The molecule has 0 aromatic heterocycles. The number of carboxylic acids is 1. The zero-order chi connectivity index (χ0) is 14.8. The molecule has 0 aliphatic heterocycles. The van der Waals surface area contributed by atoms with Crippen molar-refractivity contribution in [1.29, 1.82) is 0 Å². The second-order valence-electron chi connectivity index (χ2n) is 3.23. The van der Waals surface area contributed by atoms with Gasteiger partial charge in [-0.15, -0.1) is 0 Å². The van der Waals surface area contributed by atoms with Gasteiger partial charge >= 0.3 is 18.8 Å². The standard InChI is InChI=1S/C10H7F5O4/c1-18-5-2-4(10(13,14)15)3-6(19-9(11)12)7(5)8(16)17/h2-3,9H,1H3,(H,16,17). The molecule has 0 fully saturated rings. The molecule has 0 bridgehead atoms. The highest BCUT2D eigenvalue weighted by atomic mass is 19.4. The van der Waals surface area contributed by atoms with E-state index >= 15 is 0 Å². The van der Waals surface area contributed by atoms with Crippen LogP contribution in [0, 0.1) is 0 Å². The molecule has 0 heterocycles. The molecular weight excluding hydrogens is 279 g/mol. The minimum absolute atomic E-state index is 0.179. The van der Waals surface area contributed by atoms with Crippen LogP contribution >= 0.6 is 0 Å². The van der Waals surface area contributed by atoms with Crippen molar-refractivity contribution in [2.45, 2.75) is 12.8 Å². The summed E-state index contributed by atoms with van der Waals surface area (Å²) in [5.74, 6) is -3.59. The summed E-state index contributed by atoms with van der Waals surface area (Å²) in [6.45, 7) is -3.47. The van der Waals surface area contributed by atoms with Crippen molar-refractivity contribution < 1.29 is 41.3 Å². The van der Waals surface area contributed by atoms with Crippen molar-refractivity contribution >= 4 is 5.97 Å². The normalized spacial score (nSPS) is 11.5. The molecule has 9 heteroatoms. The lowest BCUT2D eigenvalue weighted by Crippen LogP contribution is -2.13. The maximum absolute atomic E-state index is 12.5. The monoisotopic (exact) mass is 286 g/mol. The number of rotatable bonds is 4. The summed E-state index contributed by atoms with van der Waals surface area (Å²) >= 11 is 0. The number of benzene rings is 1. The average Bonchev–Trinajstić information content (AvgIpc) is 2.25. The molecule has 0 radical (unpaired) electrons. The molecule has 1 N–H and O–H groups in total. The van der Waals surface area contributed by atoms with E-state index in [4.69, 9.17) is 5.11 Å². The Morgan fingerprint density at radius 1 is 1.26 bits per heavy atom. The topological polar surface area (TPSA) is 55.8 Å². The lowest BCUT2D eigenvalue weighted by atomic mass is 10.1. The number of ether oxygens (including phenoxy) is 2. The predicted octanol–water partition coefficient (Wildman–Crippen LogP) is 3.01. The van der Waals surface area contributed by atoms with E-state index in [0.717, 1.165) is 7.11 Å². The Labute approximate surface area is 103 Å². The highest BCUT2D eigenvalue weighted by Gasteiger charge is 2.34. The third kappa shape index (κ3) is 3.46. The third-order valence-electron chi connectivity index (χ3n) is 2.04. The predicted molar refractivity (Wildman–Crippen MR) is 51.6 cm³/mol. The van der Waals surface area contributed by atoms with Crippen molar-refractivity contribution in [2.75, 3.05) is 7.11 Å². The number of aromatic carboxylic acids is 1. The number of hydrogen-bond donors (Lipinski definition) is 1. The van der Waals surface area contributed by atoms with E-state index in [9.17, 15) is 26.7 Å². The zero-order valence-electron chi connectivity index (χ0n) is 9.29. The van der Waals surface area contributed by atoms with E-state index < -0.39 is 41.4 Å². The number of halogens is 5. The molecule has 0 spiro atoms. The highest BCUT2D eigenvalue weighted by molar-refractivity contribution is 5.94. The first-order valence-corrected chi connectivity index (χ1v) is 4.64. The van der Waals surface area contributed by atoms with Gasteiger partial charge < -0.3 is 14.6 Å². The molecule has 0 unspecified atom stereocenters. The highest BCUT2D eigenvalue weighted by Crippen LogP contribution is 2.38. The summed E-state index contributed by atoms with van der Waals surface area (Å²) in [6.07, 6.45) is -4.86. The molecule has 0 atom stereocenters. The number of methoxy groups -OCH3 is 1. The molecule has 0 aliphatic rings. The first kappa shape index (κ1) is 15.0. The van der Waals surface area contributed by atoms with Crippen molar-refractivity contribution in [1.82, 2.24) is 0 Å². The van der Waals surface area contributed by atoms with Crippen LogP contribution in [0.1, 0.15) is 15.9 Å². The van der Waals surface area contributed by atoms with Crippen LogP contribution in [-0.4, -0.2) is 24.8 Å². The lowest BCUT2D eigenvalue weighted by Gasteiger charge is -2.15. The van der Waals surface area contributed by atoms with Crippen LogP contribution in [0.2, 0.25) is 0 Å². The molecule has 0 aliphatic carbocycles. The number of hydrogen-bond acceptors (Lipinski definition) is 3. The Kier molecular flexibility index (Phi) is 4.17. The van der Waals surface area contributed by atoms with Gasteiger partial charge in [-0.2, -0.15) is 22.0 Å². The molecular formula is C10H7F5O4. The second-order valence-corrected chi connectivity index (χ2v) is 3.23. The van der Waals surface area contributed by atoms with Crippen LogP contribution in [0.5, 0.6) is 11.5 Å². The van der Waals surface area contributed by atoms with E-state index in [1.54, 1.807) is 0 Å². The molecule has 0 amide bonds. The lowest BCUT2D eigenvalue weighted by molar-refractivity contribution is -0.138. The number of carboxylic acid groups (broad SMARTS) is 1. The number of carbonyl (C=O) groups is 1. The van der Waals surface area contributed by atoms with Gasteiger partial charge in [-0.25, -0.2) is 4.79 Å². The van der Waals surface area contributed by atoms with Crippen molar-refractivity contribution in [2.24, 2.45) is 0 Å². The van der Waals surface area contributed by atoms with Gasteiger partial charge in [-0.3, -0.25) is 0 Å². The molecule has 1 aromatic carbocycles. The summed E-state index contributed by atoms with van der Waals surface area (Å²) < 4.78 is 70.0. The first-order valence-electron chi connectivity index (χ1n) is 4.64. The van der Waals surface area contributed by atoms with Crippen LogP contribution in [0.3, 0.4) is 0 Å². The van der Waals surface area contributed by atoms with Gasteiger partial charge in [0.1, 0.15) is 17.1 Å². The summed E-state index contributed by atoms with van der Waals surface area (Å²) in [6, 6.07) is 0.569. The Morgan fingerprint density at radius 2 is 1.79 bits per heavy atom. The summed E-state index contributed by atoms with van der Waals surface area (Å²) in [5, 5.41) is 8.80. The Hall–Kier alpha value is -2.06. The molecule has 1 rings (SSSR count). The van der Waals surface area contributed by atoms with Crippen molar-refractivity contribution in [3.05, 3.63) is 23.3 Å². The third-order valence-corrected chi connectivity index (χ3v) is 2.04. The maximum Gasteiger partial charge on any atom is 0.416 e. The van der Waals surface area contributed by atoms with E-state index in [2.05, 4.69) is 9.47 Å². The number of alkyl halides is 5. The maximum atomic E-state index is 12.5. The largest absolute Gasteiger partial charge is 0.496 e. The molecule has 4 nitrogen and oxygen atoms in total. The Bertz CT molecular complexity index is 484. The van der Waals surface area contributed by atoms with Crippen LogP contribution in [0.4, 0.5) is 22.0 Å². The molecule has 0 saturated carbocycles. The smallest absolute Gasteiger partial charge is 0.416 e. The fraction of sp³-hybridized carbons (Fsp3) is 0.300. The van der Waals surface area contributed by atoms with Gasteiger partial charge in [0.2, 0.25) is 0 Å². The molecule has 1 aromatic rings. The molecule has 0 saturated heterocycles. The van der Waals surface area contributed by atoms with E-state index in [-0.39, 0.29) is 6.07 Å². The van der Waals surface area contributed by atoms with Gasteiger partial charge in [0, 0.05) is 0 Å². The summed E-state index contributed by atoms with van der Waals surface area (Å²) in [7, 11) is 0.911. The Balaban J connectivity index is 3.49. The average molecular weight is 286 g/mol. The van der Waals surface area contributed by atoms with E-state index in [1.165, 1.54) is 0 Å². The SMILES string of the molecule is COc1cc(C(F)(F)F)cc(OC(F)F)c1C(=O)O. The van der Waals surface area contributed by atoms with Crippen LogP contribution < -0.4 is 9.47 Å². The summed E-state index contributed by atoms with van der Waals surface area (Å²) in [4.78, 5) is 10.9. The zero-order valence-corrected chi connectivity index (χ0v) is 9.29. The minimum Gasteiger partial charge on any atom is -0.496 e. The molecule has 106 valence electrons. The quantitative estimate of drug-likeness (QED) is 0.864. The summed E-state index contributed by atoms with van der Waals surface area (Å²) in [5.41, 5.74) is -2.26. The van der Waals surface area contributed by atoms with Gasteiger partial charge in [0.25, 0.3) is 0 Å². The second kappa shape index (κ2) is 5.29. The fourth-order valence-corrected chi connectivity index (χ4v) is 1.31. The Morgan fingerprint density at radius 3 is 2.16 bits per heavy atom. The van der Waals surface area contributed by atoms with Crippen molar-refractivity contribution in [3.8, 4) is 11.5 Å². The van der Waals surface area contributed by atoms with Gasteiger partial charge in [0.15, 0.2) is 0 Å². The molecule has 19 heavy (non-hydrogen) atoms. The van der Waals surface area contributed by atoms with Gasteiger partial charge in [-0.05, 0) is 12.1 Å². The van der Waals surface area contributed by atoms with E-state index in [1.807, 2.05) is 0 Å². The fourth-order valence-electron chi connectivity index (χ4n) is 1.31. The first-order chi connectivity index (χ1) is 8.66.